The molecule has 1 aromatic rings. The molecule has 0 radical (unpaired) electrons. The van der Waals surface area contributed by atoms with Crippen LogP contribution in [0.3, 0.4) is 0 Å². The van der Waals surface area contributed by atoms with Crippen LogP contribution in [0.1, 0.15) is 12.5 Å². The van der Waals surface area contributed by atoms with Gasteiger partial charge in [0.1, 0.15) is 5.75 Å². The Morgan fingerprint density at radius 1 is 1.38 bits per heavy atom. The molecule has 0 heterocycles. The van der Waals surface area contributed by atoms with Crippen LogP contribution in [0, 0.1) is 0 Å². The molecule has 0 aliphatic rings. The maximum Gasteiger partial charge on any atom is 0.118 e. The second kappa shape index (κ2) is 4.55. The smallest absolute Gasteiger partial charge is 0.118 e. The van der Waals surface area contributed by atoms with Crippen molar-refractivity contribution in [1.29, 1.82) is 0 Å². The standard InChI is InChI=1S/C11H14O2/c1-9(8-12)7-10-3-5-11(13-2)6-4-10/h3-6,8,12H,7H2,1-2H3/b9-8-. The molecule has 0 aliphatic heterocycles. The van der Waals surface area contributed by atoms with Gasteiger partial charge in [-0.1, -0.05) is 12.1 Å². The number of hydrogen-bond acceptors (Lipinski definition) is 2. The minimum absolute atomic E-state index is 0.778. The summed E-state index contributed by atoms with van der Waals surface area (Å²) in [6.07, 6.45) is 1.92. The minimum Gasteiger partial charge on any atom is -0.516 e. The fourth-order valence-electron chi connectivity index (χ4n) is 1.11. The summed E-state index contributed by atoms with van der Waals surface area (Å²) in [5, 5.41) is 8.71. The zero-order valence-electron chi connectivity index (χ0n) is 7.95. The molecule has 0 saturated carbocycles. The molecular weight excluding hydrogens is 164 g/mol. The van der Waals surface area contributed by atoms with Crippen molar-refractivity contribution in [1.82, 2.24) is 0 Å². The van der Waals surface area contributed by atoms with Gasteiger partial charge in [-0.05, 0) is 36.6 Å². The number of hydrogen-bond donors (Lipinski definition) is 1. The van der Waals surface area contributed by atoms with E-state index in [4.69, 9.17) is 9.84 Å². The molecule has 0 saturated heterocycles. The first-order valence-electron chi connectivity index (χ1n) is 4.19. The summed E-state index contributed by atoms with van der Waals surface area (Å²) >= 11 is 0. The van der Waals surface area contributed by atoms with Crippen LogP contribution in [-0.4, -0.2) is 12.2 Å². The topological polar surface area (TPSA) is 29.5 Å². The van der Waals surface area contributed by atoms with E-state index in [1.165, 1.54) is 5.56 Å². The van der Waals surface area contributed by atoms with Crippen LogP contribution in [-0.2, 0) is 6.42 Å². The largest absolute Gasteiger partial charge is 0.516 e. The van der Waals surface area contributed by atoms with Gasteiger partial charge in [0.2, 0.25) is 0 Å². The lowest BCUT2D eigenvalue weighted by molar-refractivity contribution is 0.414. The monoisotopic (exact) mass is 178 g/mol. The van der Waals surface area contributed by atoms with Gasteiger partial charge >= 0.3 is 0 Å². The van der Waals surface area contributed by atoms with Gasteiger partial charge in [-0.2, -0.15) is 0 Å². The van der Waals surface area contributed by atoms with Gasteiger partial charge in [0.25, 0.3) is 0 Å². The molecule has 0 aromatic heterocycles. The highest BCUT2D eigenvalue weighted by molar-refractivity contribution is 5.29. The second-order valence-electron chi connectivity index (χ2n) is 3.00. The van der Waals surface area contributed by atoms with E-state index < -0.39 is 0 Å². The van der Waals surface area contributed by atoms with Crippen molar-refractivity contribution in [2.75, 3.05) is 7.11 Å². The Bertz CT molecular complexity index is 285. The molecule has 2 nitrogen and oxygen atoms in total. The molecule has 0 bridgehead atoms. The number of aliphatic hydroxyl groups is 1. The summed E-state index contributed by atoms with van der Waals surface area (Å²) in [4.78, 5) is 0. The summed E-state index contributed by atoms with van der Waals surface area (Å²) < 4.78 is 5.04. The molecule has 1 aromatic carbocycles. The van der Waals surface area contributed by atoms with E-state index in [-0.39, 0.29) is 0 Å². The number of benzene rings is 1. The van der Waals surface area contributed by atoms with Crippen LogP contribution >= 0.6 is 0 Å². The number of aliphatic hydroxyl groups excluding tert-OH is 1. The Morgan fingerprint density at radius 2 is 2.00 bits per heavy atom. The summed E-state index contributed by atoms with van der Waals surface area (Å²) in [6, 6.07) is 7.82. The molecule has 0 spiro atoms. The van der Waals surface area contributed by atoms with E-state index >= 15 is 0 Å². The molecule has 70 valence electrons. The lowest BCUT2D eigenvalue weighted by atomic mass is 10.1. The third-order valence-corrected chi connectivity index (χ3v) is 1.86. The predicted molar refractivity (Wildman–Crippen MR) is 53.1 cm³/mol. The van der Waals surface area contributed by atoms with Crippen LogP contribution in [0.25, 0.3) is 0 Å². The van der Waals surface area contributed by atoms with Crippen molar-refractivity contribution in [2.24, 2.45) is 0 Å². The van der Waals surface area contributed by atoms with Crippen molar-refractivity contribution in [3.63, 3.8) is 0 Å². The Hall–Kier alpha value is -1.44. The van der Waals surface area contributed by atoms with Crippen molar-refractivity contribution in [3.05, 3.63) is 41.7 Å². The van der Waals surface area contributed by atoms with Crippen LogP contribution in [0.4, 0.5) is 0 Å². The molecule has 0 amide bonds. The summed E-state index contributed by atoms with van der Waals surface area (Å²) in [7, 11) is 1.65. The number of ether oxygens (including phenoxy) is 1. The Morgan fingerprint density at radius 3 is 2.46 bits per heavy atom. The van der Waals surface area contributed by atoms with E-state index in [1.54, 1.807) is 7.11 Å². The van der Waals surface area contributed by atoms with E-state index in [9.17, 15) is 0 Å². The third kappa shape index (κ3) is 2.82. The molecule has 2 heteroatoms. The molecular formula is C11H14O2. The summed E-state index contributed by atoms with van der Waals surface area (Å²) in [5.41, 5.74) is 2.12. The molecule has 0 aliphatic carbocycles. The molecule has 0 fully saturated rings. The van der Waals surface area contributed by atoms with Crippen LogP contribution in [0.15, 0.2) is 36.1 Å². The fourth-order valence-corrected chi connectivity index (χ4v) is 1.11. The van der Waals surface area contributed by atoms with E-state index in [1.807, 2.05) is 31.2 Å². The van der Waals surface area contributed by atoms with Gasteiger partial charge in [-0.3, -0.25) is 0 Å². The van der Waals surface area contributed by atoms with Crippen LogP contribution in [0.2, 0.25) is 0 Å². The Kier molecular flexibility index (Phi) is 3.38. The molecule has 13 heavy (non-hydrogen) atoms. The van der Waals surface area contributed by atoms with Gasteiger partial charge < -0.3 is 9.84 Å². The highest BCUT2D eigenvalue weighted by Gasteiger charge is 1.95. The normalized spacial score (nSPS) is 11.4. The lowest BCUT2D eigenvalue weighted by Gasteiger charge is -2.02. The maximum absolute atomic E-state index is 8.71. The van der Waals surface area contributed by atoms with E-state index in [2.05, 4.69) is 0 Å². The van der Waals surface area contributed by atoms with E-state index in [0.717, 1.165) is 24.0 Å². The van der Waals surface area contributed by atoms with Crippen molar-refractivity contribution < 1.29 is 9.84 Å². The van der Waals surface area contributed by atoms with Crippen molar-refractivity contribution >= 4 is 0 Å². The Labute approximate surface area is 78.5 Å². The molecule has 1 rings (SSSR count). The average Bonchev–Trinajstić information content (AvgIpc) is 2.19. The van der Waals surface area contributed by atoms with Crippen molar-refractivity contribution in [2.45, 2.75) is 13.3 Å². The molecule has 0 unspecified atom stereocenters. The fraction of sp³-hybridized carbons (Fsp3) is 0.273. The van der Waals surface area contributed by atoms with Crippen molar-refractivity contribution in [3.8, 4) is 5.75 Å². The minimum atomic E-state index is 0.778. The first-order valence-corrected chi connectivity index (χ1v) is 4.19. The van der Waals surface area contributed by atoms with Gasteiger partial charge in [0.05, 0.1) is 13.4 Å². The molecule has 0 atom stereocenters. The first kappa shape index (κ1) is 9.65. The highest BCUT2D eigenvalue weighted by Crippen LogP contribution is 2.13. The first-order chi connectivity index (χ1) is 6.26. The predicted octanol–water partition coefficient (Wildman–Crippen LogP) is 2.70. The number of methoxy groups -OCH3 is 1. The van der Waals surface area contributed by atoms with E-state index in [0.29, 0.717) is 0 Å². The molecule has 1 N–H and O–H groups in total. The quantitative estimate of drug-likeness (QED) is 0.721. The SMILES string of the molecule is COc1ccc(C/C(C)=C\O)cc1. The number of rotatable bonds is 3. The Balaban J connectivity index is 2.69. The highest BCUT2D eigenvalue weighted by atomic mass is 16.5. The van der Waals surface area contributed by atoms with Gasteiger partial charge in [0, 0.05) is 0 Å². The summed E-state index contributed by atoms with van der Waals surface area (Å²) in [6.45, 7) is 1.89. The zero-order chi connectivity index (χ0) is 9.68. The van der Waals surface area contributed by atoms with Gasteiger partial charge in [-0.25, -0.2) is 0 Å². The van der Waals surface area contributed by atoms with Gasteiger partial charge in [-0.15, -0.1) is 0 Å². The average molecular weight is 178 g/mol. The third-order valence-electron chi connectivity index (χ3n) is 1.86. The maximum atomic E-state index is 8.71. The van der Waals surface area contributed by atoms with Crippen LogP contribution < -0.4 is 4.74 Å². The van der Waals surface area contributed by atoms with Gasteiger partial charge in [0.15, 0.2) is 0 Å². The second-order valence-corrected chi connectivity index (χ2v) is 3.00. The number of allylic oxidation sites excluding steroid dienone is 1. The van der Waals surface area contributed by atoms with Crippen LogP contribution in [0.5, 0.6) is 5.75 Å². The summed E-state index contributed by atoms with van der Waals surface area (Å²) in [5.74, 6) is 0.856. The lowest BCUT2D eigenvalue weighted by Crippen LogP contribution is -1.88. The zero-order valence-corrected chi connectivity index (χ0v) is 7.95.